The standard InChI is InChI=1S/C16H19N3O2/c1-19(2)8-9-20-14-5-3-4-13(10-14)18-12-16-7-6-15(11-17)21-16/h3-7,10,18H,8-9,12H2,1-2H3. The average Bonchev–Trinajstić information content (AvgIpc) is 2.93. The Morgan fingerprint density at radius 2 is 2.14 bits per heavy atom. The lowest BCUT2D eigenvalue weighted by Crippen LogP contribution is -2.19. The van der Waals surface area contributed by atoms with Crippen LogP contribution in [-0.2, 0) is 6.54 Å². The molecule has 0 aliphatic heterocycles. The highest BCUT2D eigenvalue weighted by molar-refractivity contribution is 5.48. The molecule has 2 aromatic rings. The Balaban J connectivity index is 1.87. The quantitative estimate of drug-likeness (QED) is 0.847. The fraction of sp³-hybridized carbons (Fsp3) is 0.312. The smallest absolute Gasteiger partial charge is 0.203 e. The largest absolute Gasteiger partial charge is 0.492 e. The number of ether oxygens (including phenoxy) is 1. The Morgan fingerprint density at radius 1 is 1.29 bits per heavy atom. The molecule has 2 rings (SSSR count). The first-order valence-electron chi connectivity index (χ1n) is 6.77. The summed E-state index contributed by atoms with van der Waals surface area (Å²) >= 11 is 0. The summed E-state index contributed by atoms with van der Waals surface area (Å²) in [6.45, 7) is 2.06. The number of nitrogens with one attached hydrogen (secondary N) is 1. The van der Waals surface area contributed by atoms with Crippen molar-refractivity contribution < 1.29 is 9.15 Å². The minimum absolute atomic E-state index is 0.326. The molecule has 0 aliphatic rings. The summed E-state index contributed by atoms with van der Waals surface area (Å²) < 4.78 is 11.0. The average molecular weight is 285 g/mol. The second-order valence-electron chi connectivity index (χ2n) is 4.91. The molecular formula is C16H19N3O2. The van der Waals surface area contributed by atoms with E-state index in [9.17, 15) is 0 Å². The van der Waals surface area contributed by atoms with Gasteiger partial charge in [0.25, 0.3) is 0 Å². The lowest BCUT2D eigenvalue weighted by molar-refractivity contribution is 0.261. The minimum atomic E-state index is 0.326. The fourth-order valence-corrected chi connectivity index (χ4v) is 1.76. The van der Waals surface area contributed by atoms with Crippen molar-refractivity contribution in [2.24, 2.45) is 0 Å². The number of nitriles is 1. The highest BCUT2D eigenvalue weighted by Crippen LogP contribution is 2.18. The van der Waals surface area contributed by atoms with Crippen LogP contribution in [0.15, 0.2) is 40.8 Å². The van der Waals surface area contributed by atoms with Crippen LogP contribution >= 0.6 is 0 Å². The van der Waals surface area contributed by atoms with Crippen LogP contribution in [0.1, 0.15) is 11.5 Å². The Bertz CT molecular complexity index is 614. The molecule has 0 fully saturated rings. The topological polar surface area (TPSA) is 61.4 Å². The normalized spacial score (nSPS) is 10.4. The second kappa shape index (κ2) is 7.36. The fourth-order valence-electron chi connectivity index (χ4n) is 1.76. The van der Waals surface area contributed by atoms with Crippen molar-refractivity contribution in [3.63, 3.8) is 0 Å². The number of hydrogen-bond acceptors (Lipinski definition) is 5. The van der Waals surface area contributed by atoms with Gasteiger partial charge in [0.1, 0.15) is 24.2 Å². The van der Waals surface area contributed by atoms with Crippen LogP contribution < -0.4 is 10.1 Å². The summed E-state index contributed by atoms with van der Waals surface area (Å²) in [6, 6.07) is 13.2. The number of nitrogens with zero attached hydrogens (tertiary/aromatic N) is 2. The third kappa shape index (κ3) is 4.86. The van der Waals surface area contributed by atoms with E-state index in [1.807, 2.05) is 44.4 Å². The van der Waals surface area contributed by atoms with Gasteiger partial charge in [0.15, 0.2) is 0 Å². The molecule has 5 heteroatoms. The van der Waals surface area contributed by atoms with Crippen molar-refractivity contribution in [3.05, 3.63) is 47.9 Å². The van der Waals surface area contributed by atoms with E-state index in [1.165, 1.54) is 0 Å². The van der Waals surface area contributed by atoms with E-state index in [1.54, 1.807) is 12.1 Å². The summed E-state index contributed by atoms with van der Waals surface area (Å²) in [6.07, 6.45) is 0. The van der Waals surface area contributed by atoms with Crippen LogP contribution in [0.2, 0.25) is 0 Å². The molecule has 0 atom stereocenters. The zero-order valence-electron chi connectivity index (χ0n) is 12.3. The number of likely N-dealkylation sites (N-methyl/N-ethyl adjacent to an activating group) is 1. The predicted molar refractivity (Wildman–Crippen MR) is 81.2 cm³/mol. The van der Waals surface area contributed by atoms with Gasteiger partial charge in [-0.2, -0.15) is 5.26 Å². The Hall–Kier alpha value is -2.45. The molecule has 1 aromatic heterocycles. The number of benzene rings is 1. The van der Waals surface area contributed by atoms with Gasteiger partial charge >= 0.3 is 0 Å². The van der Waals surface area contributed by atoms with Crippen molar-refractivity contribution in [2.75, 3.05) is 32.6 Å². The van der Waals surface area contributed by atoms with Gasteiger partial charge in [-0.15, -0.1) is 0 Å². The van der Waals surface area contributed by atoms with E-state index >= 15 is 0 Å². The number of anilines is 1. The van der Waals surface area contributed by atoms with Gasteiger partial charge in [-0.05, 0) is 38.4 Å². The highest BCUT2D eigenvalue weighted by Gasteiger charge is 2.02. The van der Waals surface area contributed by atoms with Gasteiger partial charge < -0.3 is 19.4 Å². The van der Waals surface area contributed by atoms with Gasteiger partial charge in [0.2, 0.25) is 5.76 Å². The number of furan rings is 1. The Labute approximate surface area is 124 Å². The van der Waals surface area contributed by atoms with Crippen LogP contribution in [0, 0.1) is 11.3 Å². The molecule has 0 saturated heterocycles. The van der Waals surface area contributed by atoms with Crippen molar-refractivity contribution in [2.45, 2.75) is 6.54 Å². The molecule has 0 unspecified atom stereocenters. The van der Waals surface area contributed by atoms with Crippen molar-refractivity contribution in [3.8, 4) is 11.8 Å². The zero-order chi connectivity index (χ0) is 15.1. The van der Waals surface area contributed by atoms with E-state index in [0.29, 0.717) is 18.9 Å². The lowest BCUT2D eigenvalue weighted by Gasteiger charge is -2.12. The molecule has 0 bridgehead atoms. The van der Waals surface area contributed by atoms with Gasteiger partial charge in [-0.25, -0.2) is 0 Å². The maximum atomic E-state index is 8.71. The molecule has 1 aromatic carbocycles. The molecule has 21 heavy (non-hydrogen) atoms. The summed E-state index contributed by atoms with van der Waals surface area (Å²) in [5.74, 6) is 1.89. The summed E-state index contributed by atoms with van der Waals surface area (Å²) in [5, 5.41) is 12.0. The highest BCUT2D eigenvalue weighted by atomic mass is 16.5. The first-order valence-corrected chi connectivity index (χ1v) is 6.77. The van der Waals surface area contributed by atoms with Gasteiger partial charge in [0, 0.05) is 18.3 Å². The van der Waals surface area contributed by atoms with E-state index in [-0.39, 0.29) is 0 Å². The number of rotatable bonds is 7. The molecule has 0 spiro atoms. The molecule has 110 valence electrons. The van der Waals surface area contributed by atoms with E-state index in [2.05, 4.69) is 10.2 Å². The van der Waals surface area contributed by atoms with E-state index < -0.39 is 0 Å². The Morgan fingerprint density at radius 3 is 2.86 bits per heavy atom. The SMILES string of the molecule is CN(C)CCOc1cccc(NCc2ccc(C#N)o2)c1. The van der Waals surface area contributed by atoms with E-state index in [0.717, 1.165) is 23.7 Å². The maximum Gasteiger partial charge on any atom is 0.203 e. The van der Waals surface area contributed by atoms with E-state index in [4.69, 9.17) is 14.4 Å². The zero-order valence-corrected chi connectivity index (χ0v) is 12.3. The number of hydrogen-bond donors (Lipinski definition) is 1. The minimum Gasteiger partial charge on any atom is -0.492 e. The molecule has 0 amide bonds. The maximum absolute atomic E-state index is 8.71. The molecule has 0 saturated carbocycles. The molecule has 1 heterocycles. The third-order valence-corrected chi connectivity index (χ3v) is 2.88. The third-order valence-electron chi connectivity index (χ3n) is 2.88. The van der Waals surface area contributed by atoms with Crippen molar-refractivity contribution in [1.82, 2.24) is 4.90 Å². The second-order valence-corrected chi connectivity index (χ2v) is 4.91. The Kier molecular flexibility index (Phi) is 5.24. The summed E-state index contributed by atoms with van der Waals surface area (Å²) in [7, 11) is 4.03. The molecule has 0 aliphatic carbocycles. The summed E-state index contributed by atoms with van der Waals surface area (Å²) in [4.78, 5) is 2.08. The van der Waals surface area contributed by atoms with Gasteiger partial charge in [-0.1, -0.05) is 6.07 Å². The monoisotopic (exact) mass is 285 g/mol. The molecule has 0 radical (unpaired) electrons. The van der Waals surface area contributed by atoms with Crippen LogP contribution in [0.25, 0.3) is 0 Å². The lowest BCUT2D eigenvalue weighted by atomic mass is 10.3. The predicted octanol–water partition coefficient (Wildman–Crippen LogP) is 2.70. The molecular weight excluding hydrogens is 266 g/mol. The van der Waals surface area contributed by atoms with Crippen molar-refractivity contribution >= 4 is 5.69 Å². The van der Waals surface area contributed by atoms with Crippen LogP contribution in [-0.4, -0.2) is 32.1 Å². The summed E-state index contributed by atoms with van der Waals surface area (Å²) in [5.41, 5.74) is 0.951. The van der Waals surface area contributed by atoms with Crippen molar-refractivity contribution in [1.29, 1.82) is 5.26 Å². The molecule has 5 nitrogen and oxygen atoms in total. The van der Waals surface area contributed by atoms with Gasteiger partial charge in [-0.3, -0.25) is 0 Å². The molecule has 1 N–H and O–H groups in total. The first kappa shape index (κ1) is 14.9. The van der Waals surface area contributed by atoms with Crippen LogP contribution in [0.4, 0.5) is 5.69 Å². The van der Waals surface area contributed by atoms with Gasteiger partial charge in [0.05, 0.1) is 6.54 Å². The first-order chi connectivity index (χ1) is 10.2. The van der Waals surface area contributed by atoms with Crippen LogP contribution in [0.3, 0.4) is 0 Å². The van der Waals surface area contributed by atoms with Crippen LogP contribution in [0.5, 0.6) is 5.75 Å².